The summed E-state index contributed by atoms with van der Waals surface area (Å²) >= 11 is 0. The number of aromatic nitrogens is 2. The SMILES string of the molecule is CCC(C(=O)O)c1ccnc(-c2cc(C)ccn2)c1. The molecule has 0 radical (unpaired) electrons. The van der Waals surface area contributed by atoms with Crippen molar-refractivity contribution in [2.24, 2.45) is 0 Å². The van der Waals surface area contributed by atoms with Crippen LogP contribution >= 0.6 is 0 Å². The molecule has 0 fully saturated rings. The van der Waals surface area contributed by atoms with Crippen molar-refractivity contribution in [2.45, 2.75) is 26.2 Å². The molecule has 0 aromatic carbocycles. The van der Waals surface area contributed by atoms with E-state index >= 15 is 0 Å². The van der Waals surface area contributed by atoms with E-state index in [4.69, 9.17) is 0 Å². The van der Waals surface area contributed by atoms with Crippen LogP contribution in [0, 0.1) is 6.92 Å². The number of hydrogen-bond donors (Lipinski definition) is 1. The fraction of sp³-hybridized carbons (Fsp3) is 0.267. The molecule has 2 heterocycles. The Bertz CT molecular complexity index is 596. The van der Waals surface area contributed by atoms with Crippen LogP contribution in [0.15, 0.2) is 36.7 Å². The van der Waals surface area contributed by atoms with Gasteiger partial charge in [0, 0.05) is 12.4 Å². The first-order valence-electron chi connectivity index (χ1n) is 6.23. The van der Waals surface area contributed by atoms with Gasteiger partial charge in [0.2, 0.25) is 0 Å². The summed E-state index contributed by atoms with van der Waals surface area (Å²) in [4.78, 5) is 19.7. The zero-order valence-corrected chi connectivity index (χ0v) is 11.0. The molecule has 2 aromatic heterocycles. The molecule has 1 N–H and O–H groups in total. The minimum atomic E-state index is -0.808. The minimum Gasteiger partial charge on any atom is -0.481 e. The second-order valence-electron chi connectivity index (χ2n) is 4.49. The van der Waals surface area contributed by atoms with Crippen LogP contribution in [0.2, 0.25) is 0 Å². The van der Waals surface area contributed by atoms with Gasteiger partial charge in [-0.25, -0.2) is 0 Å². The molecule has 4 heteroatoms. The van der Waals surface area contributed by atoms with Gasteiger partial charge in [-0.3, -0.25) is 14.8 Å². The molecule has 0 amide bonds. The highest BCUT2D eigenvalue weighted by molar-refractivity contribution is 5.76. The predicted octanol–water partition coefficient (Wildman–Crippen LogP) is 3.03. The lowest BCUT2D eigenvalue weighted by Crippen LogP contribution is -2.10. The van der Waals surface area contributed by atoms with Gasteiger partial charge in [0.1, 0.15) is 0 Å². The van der Waals surface area contributed by atoms with Gasteiger partial charge in [-0.05, 0) is 48.7 Å². The Morgan fingerprint density at radius 3 is 2.42 bits per heavy atom. The summed E-state index contributed by atoms with van der Waals surface area (Å²) < 4.78 is 0. The zero-order valence-electron chi connectivity index (χ0n) is 11.0. The molecule has 2 aromatic rings. The molecule has 2 rings (SSSR count). The standard InChI is InChI=1S/C15H16N2O2/c1-3-12(15(18)19)11-5-7-17-14(9-11)13-8-10(2)4-6-16-13/h4-9,12H,3H2,1-2H3,(H,18,19). The van der Waals surface area contributed by atoms with E-state index in [2.05, 4.69) is 9.97 Å². The molecule has 0 spiro atoms. The van der Waals surface area contributed by atoms with Crippen LogP contribution < -0.4 is 0 Å². The number of carbonyl (C=O) groups is 1. The van der Waals surface area contributed by atoms with Gasteiger partial charge in [-0.2, -0.15) is 0 Å². The van der Waals surface area contributed by atoms with Gasteiger partial charge in [-0.1, -0.05) is 6.92 Å². The van der Waals surface area contributed by atoms with E-state index in [9.17, 15) is 9.90 Å². The quantitative estimate of drug-likeness (QED) is 0.913. The molecule has 19 heavy (non-hydrogen) atoms. The number of aryl methyl sites for hydroxylation is 1. The number of rotatable bonds is 4. The van der Waals surface area contributed by atoms with Crippen LogP contribution in [0.4, 0.5) is 0 Å². The van der Waals surface area contributed by atoms with E-state index in [1.54, 1.807) is 18.5 Å². The fourth-order valence-electron chi connectivity index (χ4n) is 2.03. The lowest BCUT2D eigenvalue weighted by atomic mass is 9.96. The van der Waals surface area contributed by atoms with Crippen molar-refractivity contribution in [2.75, 3.05) is 0 Å². The maximum atomic E-state index is 11.2. The molecule has 4 nitrogen and oxygen atoms in total. The van der Waals surface area contributed by atoms with Gasteiger partial charge in [-0.15, -0.1) is 0 Å². The zero-order chi connectivity index (χ0) is 13.8. The molecule has 0 saturated heterocycles. The van der Waals surface area contributed by atoms with Gasteiger partial charge in [0.25, 0.3) is 0 Å². The number of carboxylic acid groups (broad SMARTS) is 1. The van der Waals surface area contributed by atoms with E-state index in [1.807, 2.05) is 32.0 Å². The van der Waals surface area contributed by atoms with Crippen molar-refractivity contribution < 1.29 is 9.90 Å². The molecular formula is C15H16N2O2. The van der Waals surface area contributed by atoms with Crippen molar-refractivity contribution in [1.29, 1.82) is 0 Å². The lowest BCUT2D eigenvalue weighted by molar-refractivity contribution is -0.138. The van der Waals surface area contributed by atoms with E-state index in [1.165, 1.54) is 0 Å². The summed E-state index contributed by atoms with van der Waals surface area (Å²) in [6.07, 6.45) is 3.92. The van der Waals surface area contributed by atoms with E-state index in [0.29, 0.717) is 12.1 Å². The van der Waals surface area contributed by atoms with E-state index in [-0.39, 0.29) is 0 Å². The molecule has 0 saturated carbocycles. The number of aliphatic carboxylic acids is 1. The van der Waals surface area contributed by atoms with E-state index in [0.717, 1.165) is 16.8 Å². The maximum absolute atomic E-state index is 11.2. The van der Waals surface area contributed by atoms with Crippen molar-refractivity contribution in [3.8, 4) is 11.4 Å². The highest BCUT2D eigenvalue weighted by Gasteiger charge is 2.18. The van der Waals surface area contributed by atoms with Crippen LogP contribution in [0.5, 0.6) is 0 Å². The molecule has 0 aliphatic rings. The van der Waals surface area contributed by atoms with Crippen LogP contribution in [-0.4, -0.2) is 21.0 Å². The highest BCUT2D eigenvalue weighted by Crippen LogP contribution is 2.23. The number of hydrogen-bond acceptors (Lipinski definition) is 3. The third-order valence-corrected chi connectivity index (χ3v) is 3.07. The Hall–Kier alpha value is -2.23. The predicted molar refractivity (Wildman–Crippen MR) is 72.9 cm³/mol. The summed E-state index contributed by atoms with van der Waals surface area (Å²) in [5, 5.41) is 9.20. The first kappa shape index (κ1) is 13.2. The topological polar surface area (TPSA) is 63.1 Å². The third kappa shape index (κ3) is 2.96. The summed E-state index contributed by atoms with van der Waals surface area (Å²) in [6, 6.07) is 7.42. The lowest BCUT2D eigenvalue weighted by Gasteiger charge is -2.11. The third-order valence-electron chi connectivity index (χ3n) is 3.07. The Kier molecular flexibility index (Phi) is 3.90. The number of pyridine rings is 2. The first-order valence-corrected chi connectivity index (χ1v) is 6.23. The maximum Gasteiger partial charge on any atom is 0.310 e. The molecule has 1 atom stereocenters. The average Bonchev–Trinajstić information content (AvgIpc) is 2.39. The molecule has 98 valence electrons. The number of carboxylic acids is 1. The molecule has 1 unspecified atom stereocenters. The molecule has 0 bridgehead atoms. The van der Waals surface area contributed by atoms with E-state index < -0.39 is 11.9 Å². The monoisotopic (exact) mass is 256 g/mol. The minimum absolute atomic E-state index is 0.494. The van der Waals surface area contributed by atoms with Gasteiger partial charge in [0.05, 0.1) is 17.3 Å². The second kappa shape index (κ2) is 5.61. The Morgan fingerprint density at radius 1 is 1.21 bits per heavy atom. The van der Waals surface area contributed by atoms with Crippen LogP contribution in [0.25, 0.3) is 11.4 Å². The van der Waals surface area contributed by atoms with Crippen molar-refractivity contribution in [1.82, 2.24) is 9.97 Å². The Labute approximate surface area is 112 Å². The molecule has 0 aliphatic heterocycles. The summed E-state index contributed by atoms with van der Waals surface area (Å²) in [6.45, 7) is 3.85. The Balaban J connectivity index is 2.42. The second-order valence-corrected chi connectivity index (χ2v) is 4.49. The van der Waals surface area contributed by atoms with Gasteiger partial charge >= 0.3 is 5.97 Å². The molecule has 0 aliphatic carbocycles. The highest BCUT2D eigenvalue weighted by atomic mass is 16.4. The smallest absolute Gasteiger partial charge is 0.310 e. The largest absolute Gasteiger partial charge is 0.481 e. The Morgan fingerprint density at radius 2 is 1.84 bits per heavy atom. The van der Waals surface area contributed by atoms with Crippen molar-refractivity contribution in [3.63, 3.8) is 0 Å². The van der Waals surface area contributed by atoms with Crippen LogP contribution in [0.3, 0.4) is 0 Å². The van der Waals surface area contributed by atoms with Gasteiger partial charge in [0.15, 0.2) is 0 Å². The summed E-state index contributed by atoms with van der Waals surface area (Å²) in [7, 11) is 0. The fourth-order valence-corrected chi connectivity index (χ4v) is 2.03. The summed E-state index contributed by atoms with van der Waals surface area (Å²) in [5.74, 6) is -1.30. The molecular weight excluding hydrogens is 240 g/mol. The van der Waals surface area contributed by atoms with Crippen LogP contribution in [-0.2, 0) is 4.79 Å². The van der Waals surface area contributed by atoms with Crippen molar-refractivity contribution in [3.05, 3.63) is 47.8 Å². The van der Waals surface area contributed by atoms with Gasteiger partial charge < -0.3 is 5.11 Å². The first-order chi connectivity index (χ1) is 9.11. The van der Waals surface area contributed by atoms with Crippen LogP contribution in [0.1, 0.15) is 30.4 Å². The summed E-state index contributed by atoms with van der Waals surface area (Å²) in [5.41, 5.74) is 3.34. The average molecular weight is 256 g/mol. The normalized spacial score (nSPS) is 12.1. The van der Waals surface area contributed by atoms with Crippen molar-refractivity contribution >= 4 is 5.97 Å². The number of nitrogens with zero attached hydrogens (tertiary/aromatic N) is 2.